The standard InChI is InChI=1S/C25H25NO5/c1-28-20-11-9-17(13-22(20)30-3)25-19-8-6-5-7-16(19)14-24(27)26(25)18-10-12-21(29-2)23(15-18)31-4/h5-13,15,25H,14H2,1-4H3. The number of carbonyl (C=O) groups excluding carboxylic acids is 1. The monoisotopic (exact) mass is 419 g/mol. The second-order valence-corrected chi connectivity index (χ2v) is 7.20. The Kier molecular flexibility index (Phi) is 5.71. The Morgan fingerprint density at radius 3 is 2.03 bits per heavy atom. The fourth-order valence-electron chi connectivity index (χ4n) is 4.11. The number of methoxy groups -OCH3 is 4. The summed E-state index contributed by atoms with van der Waals surface area (Å²) in [5.41, 5.74) is 3.75. The highest BCUT2D eigenvalue weighted by molar-refractivity contribution is 5.98. The molecule has 6 nitrogen and oxygen atoms in total. The lowest BCUT2D eigenvalue weighted by molar-refractivity contribution is -0.118. The number of benzene rings is 3. The first-order valence-electron chi connectivity index (χ1n) is 9.95. The number of nitrogens with zero attached hydrogens (tertiary/aromatic N) is 1. The van der Waals surface area contributed by atoms with Gasteiger partial charge in [0.25, 0.3) is 0 Å². The van der Waals surface area contributed by atoms with Crippen LogP contribution < -0.4 is 23.8 Å². The van der Waals surface area contributed by atoms with Gasteiger partial charge in [-0.1, -0.05) is 30.3 Å². The molecular formula is C25H25NO5. The molecule has 3 aromatic rings. The van der Waals surface area contributed by atoms with Gasteiger partial charge in [-0.25, -0.2) is 0 Å². The van der Waals surface area contributed by atoms with Crippen molar-refractivity contribution in [3.05, 3.63) is 77.4 Å². The number of hydrogen-bond donors (Lipinski definition) is 0. The number of amides is 1. The molecule has 0 radical (unpaired) electrons. The smallest absolute Gasteiger partial charge is 0.232 e. The molecule has 4 rings (SSSR count). The third kappa shape index (κ3) is 3.65. The van der Waals surface area contributed by atoms with Crippen LogP contribution in [0.4, 0.5) is 5.69 Å². The van der Waals surface area contributed by atoms with Gasteiger partial charge >= 0.3 is 0 Å². The summed E-state index contributed by atoms with van der Waals surface area (Å²) in [4.78, 5) is 15.2. The maximum Gasteiger partial charge on any atom is 0.232 e. The summed E-state index contributed by atoms with van der Waals surface area (Å²) < 4.78 is 21.8. The predicted octanol–water partition coefficient (Wildman–Crippen LogP) is 4.40. The van der Waals surface area contributed by atoms with Crippen molar-refractivity contribution in [2.24, 2.45) is 0 Å². The van der Waals surface area contributed by atoms with Gasteiger partial charge in [0.05, 0.1) is 40.9 Å². The van der Waals surface area contributed by atoms with Gasteiger partial charge in [-0.3, -0.25) is 4.79 Å². The molecular weight excluding hydrogens is 394 g/mol. The van der Waals surface area contributed by atoms with Gasteiger partial charge in [0.15, 0.2) is 23.0 Å². The minimum atomic E-state index is -0.324. The SMILES string of the molecule is COc1ccc(C2c3ccccc3CC(=O)N2c2ccc(OC)c(OC)c2)cc1OC. The Bertz CT molecular complexity index is 1110. The molecule has 0 saturated heterocycles. The molecule has 0 aromatic heterocycles. The highest BCUT2D eigenvalue weighted by atomic mass is 16.5. The van der Waals surface area contributed by atoms with Crippen molar-refractivity contribution < 1.29 is 23.7 Å². The number of carbonyl (C=O) groups is 1. The maximum absolute atomic E-state index is 13.4. The van der Waals surface area contributed by atoms with E-state index in [4.69, 9.17) is 18.9 Å². The highest BCUT2D eigenvalue weighted by Gasteiger charge is 2.35. The van der Waals surface area contributed by atoms with Crippen LogP contribution in [-0.2, 0) is 11.2 Å². The second kappa shape index (κ2) is 8.60. The van der Waals surface area contributed by atoms with Gasteiger partial charge in [-0.05, 0) is 41.0 Å². The zero-order valence-corrected chi connectivity index (χ0v) is 18.0. The first kappa shape index (κ1) is 20.6. The summed E-state index contributed by atoms with van der Waals surface area (Å²) in [6.07, 6.45) is 0.328. The summed E-state index contributed by atoms with van der Waals surface area (Å²) in [5, 5.41) is 0. The minimum Gasteiger partial charge on any atom is -0.493 e. The maximum atomic E-state index is 13.4. The van der Waals surface area contributed by atoms with E-state index in [0.717, 1.165) is 22.4 Å². The molecule has 0 aliphatic carbocycles. The van der Waals surface area contributed by atoms with Crippen LogP contribution in [0.1, 0.15) is 22.7 Å². The normalized spacial score (nSPS) is 15.3. The van der Waals surface area contributed by atoms with Crippen LogP contribution in [0.3, 0.4) is 0 Å². The summed E-state index contributed by atoms with van der Waals surface area (Å²) in [6.45, 7) is 0. The van der Waals surface area contributed by atoms with Crippen molar-refractivity contribution in [3.8, 4) is 23.0 Å². The fraction of sp³-hybridized carbons (Fsp3) is 0.240. The zero-order valence-electron chi connectivity index (χ0n) is 18.0. The average Bonchev–Trinajstić information content (AvgIpc) is 2.82. The van der Waals surface area contributed by atoms with E-state index in [1.807, 2.05) is 59.5 Å². The van der Waals surface area contributed by atoms with Crippen LogP contribution in [-0.4, -0.2) is 34.3 Å². The minimum absolute atomic E-state index is 0.00528. The quantitative estimate of drug-likeness (QED) is 0.593. The van der Waals surface area contributed by atoms with Crippen molar-refractivity contribution in [2.45, 2.75) is 12.5 Å². The lowest BCUT2D eigenvalue weighted by atomic mass is 9.87. The molecule has 1 amide bonds. The molecule has 0 spiro atoms. The molecule has 3 aromatic carbocycles. The van der Waals surface area contributed by atoms with Crippen molar-refractivity contribution in [2.75, 3.05) is 33.3 Å². The van der Waals surface area contributed by atoms with E-state index in [0.29, 0.717) is 29.4 Å². The Morgan fingerprint density at radius 2 is 1.35 bits per heavy atom. The van der Waals surface area contributed by atoms with Crippen LogP contribution in [0, 0.1) is 0 Å². The molecule has 0 N–H and O–H groups in total. The van der Waals surface area contributed by atoms with Crippen molar-refractivity contribution in [1.29, 1.82) is 0 Å². The molecule has 1 aliphatic heterocycles. The van der Waals surface area contributed by atoms with Gasteiger partial charge < -0.3 is 23.8 Å². The second-order valence-electron chi connectivity index (χ2n) is 7.20. The van der Waals surface area contributed by atoms with Gasteiger partial charge in [-0.15, -0.1) is 0 Å². The third-order valence-electron chi connectivity index (χ3n) is 5.59. The first-order valence-corrected chi connectivity index (χ1v) is 9.95. The lowest BCUT2D eigenvalue weighted by Crippen LogP contribution is -2.41. The van der Waals surface area contributed by atoms with Gasteiger partial charge in [0.1, 0.15) is 0 Å². The molecule has 0 bridgehead atoms. The molecule has 160 valence electrons. The van der Waals surface area contributed by atoms with Gasteiger partial charge in [-0.2, -0.15) is 0 Å². The Morgan fingerprint density at radius 1 is 0.742 bits per heavy atom. The average molecular weight is 419 g/mol. The molecule has 0 fully saturated rings. The number of fused-ring (bicyclic) bond motifs is 1. The molecule has 6 heteroatoms. The molecule has 1 aliphatic rings. The summed E-state index contributed by atoms with van der Waals surface area (Å²) in [5.74, 6) is 2.43. The number of hydrogen-bond acceptors (Lipinski definition) is 5. The summed E-state index contributed by atoms with van der Waals surface area (Å²) in [6, 6.07) is 19.0. The number of anilines is 1. The van der Waals surface area contributed by atoms with E-state index in [-0.39, 0.29) is 11.9 Å². The predicted molar refractivity (Wildman–Crippen MR) is 119 cm³/mol. The lowest BCUT2D eigenvalue weighted by Gasteiger charge is -2.38. The van der Waals surface area contributed by atoms with Crippen LogP contribution in [0.5, 0.6) is 23.0 Å². The van der Waals surface area contributed by atoms with E-state index in [1.165, 1.54) is 0 Å². The van der Waals surface area contributed by atoms with Crippen LogP contribution >= 0.6 is 0 Å². The highest BCUT2D eigenvalue weighted by Crippen LogP contribution is 2.43. The molecule has 1 heterocycles. The van der Waals surface area contributed by atoms with Gasteiger partial charge in [0, 0.05) is 11.8 Å². The zero-order chi connectivity index (χ0) is 22.0. The Labute approximate surface area is 181 Å². The number of ether oxygens (including phenoxy) is 4. The van der Waals surface area contributed by atoms with Crippen LogP contribution in [0.25, 0.3) is 0 Å². The van der Waals surface area contributed by atoms with Crippen molar-refractivity contribution in [3.63, 3.8) is 0 Å². The van der Waals surface area contributed by atoms with E-state index >= 15 is 0 Å². The van der Waals surface area contributed by atoms with Crippen molar-refractivity contribution in [1.82, 2.24) is 0 Å². The summed E-state index contributed by atoms with van der Waals surface area (Å²) >= 11 is 0. The molecule has 1 unspecified atom stereocenters. The van der Waals surface area contributed by atoms with Gasteiger partial charge in [0.2, 0.25) is 5.91 Å². The van der Waals surface area contributed by atoms with E-state index in [1.54, 1.807) is 28.4 Å². The summed E-state index contributed by atoms with van der Waals surface area (Å²) in [7, 11) is 6.38. The third-order valence-corrected chi connectivity index (χ3v) is 5.59. The number of rotatable bonds is 6. The topological polar surface area (TPSA) is 57.2 Å². The molecule has 1 atom stereocenters. The largest absolute Gasteiger partial charge is 0.493 e. The Balaban J connectivity index is 1.90. The fourth-order valence-corrected chi connectivity index (χ4v) is 4.11. The Hall–Kier alpha value is -3.67. The van der Waals surface area contributed by atoms with E-state index in [9.17, 15) is 4.79 Å². The van der Waals surface area contributed by atoms with Crippen LogP contribution in [0.15, 0.2) is 60.7 Å². The van der Waals surface area contributed by atoms with Crippen molar-refractivity contribution >= 4 is 11.6 Å². The first-order chi connectivity index (χ1) is 15.1. The van der Waals surface area contributed by atoms with Crippen LogP contribution in [0.2, 0.25) is 0 Å². The molecule has 31 heavy (non-hydrogen) atoms. The van der Waals surface area contributed by atoms with E-state index < -0.39 is 0 Å². The van der Waals surface area contributed by atoms with E-state index in [2.05, 4.69) is 6.07 Å². The molecule has 0 saturated carbocycles.